The Kier molecular flexibility index (Phi) is 6.79. The number of para-hydroxylation sites is 2. The van der Waals surface area contributed by atoms with Crippen molar-refractivity contribution >= 4 is 17.5 Å². The second kappa shape index (κ2) is 9.89. The van der Waals surface area contributed by atoms with Crippen molar-refractivity contribution in [1.29, 1.82) is 0 Å². The number of halogens is 1. The number of fused-ring (bicyclic) bond motifs is 1. The SMILES string of the molecule is O=C(CCN1C(=O)COc2ccccc21)NCC(c1ccc(F)cc1)N1CCOCC1. The molecule has 0 aliphatic carbocycles. The molecule has 0 aromatic heterocycles. The lowest BCUT2D eigenvalue weighted by Crippen LogP contribution is -2.44. The van der Waals surface area contributed by atoms with Crippen molar-refractivity contribution in [1.82, 2.24) is 10.2 Å². The summed E-state index contributed by atoms with van der Waals surface area (Å²) in [4.78, 5) is 28.7. The van der Waals surface area contributed by atoms with Crippen LogP contribution in [0.4, 0.5) is 10.1 Å². The smallest absolute Gasteiger partial charge is 0.265 e. The van der Waals surface area contributed by atoms with Gasteiger partial charge < -0.3 is 19.7 Å². The first-order valence-electron chi connectivity index (χ1n) is 10.5. The van der Waals surface area contributed by atoms with Crippen molar-refractivity contribution in [2.75, 3.05) is 50.9 Å². The first-order chi connectivity index (χ1) is 15.1. The van der Waals surface area contributed by atoms with Gasteiger partial charge in [0.25, 0.3) is 5.91 Å². The molecule has 2 aromatic rings. The van der Waals surface area contributed by atoms with Crippen LogP contribution in [0.1, 0.15) is 18.0 Å². The number of nitrogens with zero attached hydrogens (tertiary/aromatic N) is 2. The molecule has 1 atom stereocenters. The van der Waals surface area contributed by atoms with Gasteiger partial charge in [0.05, 0.1) is 24.9 Å². The van der Waals surface area contributed by atoms with Gasteiger partial charge in [-0.05, 0) is 29.8 Å². The van der Waals surface area contributed by atoms with Crippen LogP contribution in [0, 0.1) is 5.82 Å². The van der Waals surface area contributed by atoms with Crippen molar-refractivity contribution in [3.05, 3.63) is 59.9 Å². The minimum Gasteiger partial charge on any atom is -0.482 e. The van der Waals surface area contributed by atoms with Gasteiger partial charge in [0.1, 0.15) is 11.6 Å². The Morgan fingerprint density at radius 3 is 2.61 bits per heavy atom. The number of benzene rings is 2. The van der Waals surface area contributed by atoms with E-state index in [1.165, 1.54) is 12.1 Å². The summed E-state index contributed by atoms with van der Waals surface area (Å²) in [7, 11) is 0. The summed E-state index contributed by atoms with van der Waals surface area (Å²) in [6.07, 6.45) is 0.180. The van der Waals surface area contributed by atoms with Crippen LogP contribution in [0.25, 0.3) is 0 Å². The number of ether oxygens (including phenoxy) is 2. The Bertz CT molecular complexity index is 915. The molecule has 0 spiro atoms. The van der Waals surface area contributed by atoms with Crippen LogP contribution in [-0.4, -0.2) is 62.7 Å². The van der Waals surface area contributed by atoms with Crippen LogP contribution in [0.2, 0.25) is 0 Å². The maximum absolute atomic E-state index is 13.4. The molecule has 31 heavy (non-hydrogen) atoms. The summed E-state index contributed by atoms with van der Waals surface area (Å²) in [6.45, 7) is 3.41. The fourth-order valence-electron chi connectivity index (χ4n) is 3.94. The number of morpholine rings is 1. The largest absolute Gasteiger partial charge is 0.482 e. The topological polar surface area (TPSA) is 71.1 Å². The molecule has 164 valence electrons. The Labute approximate surface area is 180 Å². The molecule has 0 saturated carbocycles. The average molecular weight is 427 g/mol. The highest BCUT2D eigenvalue weighted by atomic mass is 19.1. The van der Waals surface area contributed by atoms with Crippen LogP contribution in [0.5, 0.6) is 5.75 Å². The van der Waals surface area contributed by atoms with Gasteiger partial charge in [0.15, 0.2) is 6.61 Å². The van der Waals surface area contributed by atoms with E-state index in [0.29, 0.717) is 31.2 Å². The number of rotatable bonds is 7. The van der Waals surface area contributed by atoms with E-state index in [4.69, 9.17) is 9.47 Å². The summed E-state index contributed by atoms with van der Waals surface area (Å²) in [5.74, 6) is 0.0521. The summed E-state index contributed by atoms with van der Waals surface area (Å²) in [5, 5.41) is 2.99. The molecule has 1 saturated heterocycles. The summed E-state index contributed by atoms with van der Waals surface area (Å²) >= 11 is 0. The molecular formula is C23H26FN3O4. The average Bonchev–Trinajstić information content (AvgIpc) is 2.80. The molecule has 2 aliphatic heterocycles. The van der Waals surface area contributed by atoms with Crippen molar-refractivity contribution < 1.29 is 23.5 Å². The van der Waals surface area contributed by atoms with Gasteiger partial charge in [-0.1, -0.05) is 24.3 Å². The van der Waals surface area contributed by atoms with Gasteiger partial charge in [0.2, 0.25) is 5.91 Å². The van der Waals surface area contributed by atoms with Crippen molar-refractivity contribution in [3.8, 4) is 5.75 Å². The molecule has 1 fully saturated rings. The van der Waals surface area contributed by atoms with E-state index in [9.17, 15) is 14.0 Å². The van der Waals surface area contributed by atoms with Gasteiger partial charge in [-0.15, -0.1) is 0 Å². The summed E-state index contributed by atoms with van der Waals surface area (Å²) in [5.41, 5.74) is 1.63. The van der Waals surface area contributed by atoms with E-state index in [1.54, 1.807) is 17.0 Å². The molecule has 0 radical (unpaired) electrons. The standard InChI is InChI=1S/C23H26FN3O4/c24-18-7-5-17(6-8-18)20(26-11-13-30-14-12-26)15-25-22(28)9-10-27-19-3-1-2-4-21(19)31-16-23(27)29/h1-8,20H,9-16H2,(H,25,28). The van der Waals surface area contributed by atoms with Crippen LogP contribution in [-0.2, 0) is 14.3 Å². The Morgan fingerprint density at radius 2 is 1.84 bits per heavy atom. The third kappa shape index (κ3) is 5.21. The third-order valence-electron chi connectivity index (χ3n) is 5.60. The highest BCUT2D eigenvalue weighted by Crippen LogP contribution is 2.31. The van der Waals surface area contributed by atoms with E-state index in [1.807, 2.05) is 24.3 Å². The summed E-state index contributed by atoms with van der Waals surface area (Å²) < 4.78 is 24.3. The molecule has 0 bridgehead atoms. The van der Waals surface area contributed by atoms with Crippen LogP contribution in [0.3, 0.4) is 0 Å². The van der Waals surface area contributed by atoms with Crippen LogP contribution in [0.15, 0.2) is 48.5 Å². The molecule has 8 heteroatoms. The van der Waals surface area contributed by atoms with Gasteiger partial charge in [-0.25, -0.2) is 4.39 Å². The highest BCUT2D eigenvalue weighted by molar-refractivity contribution is 5.98. The molecular weight excluding hydrogens is 401 g/mol. The lowest BCUT2D eigenvalue weighted by atomic mass is 10.0. The zero-order valence-corrected chi connectivity index (χ0v) is 17.3. The third-order valence-corrected chi connectivity index (χ3v) is 5.60. The number of amides is 2. The first-order valence-corrected chi connectivity index (χ1v) is 10.5. The number of carbonyl (C=O) groups is 2. The highest BCUT2D eigenvalue weighted by Gasteiger charge is 2.26. The molecule has 2 aromatic carbocycles. The van der Waals surface area contributed by atoms with E-state index in [0.717, 1.165) is 18.7 Å². The van der Waals surface area contributed by atoms with Gasteiger partial charge in [-0.2, -0.15) is 0 Å². The quantitative estimate of drug-likeness (QED) is 0.733. The van der Waals surface area contributed by atoms with E-state index < -0.39 is 0 Å². The van der Waals surface area contributed by atoms with Crippen LogP contribution >= 0.6 is 0 Å². The predicted octanol–water partition coefficient (Wildman–Crippen LogP) is 2.13. The van der Waals surface area contributed by atoms with Crippen LogP contribution < -0.4 is 15.0 Å². The molecule has 7 nitrogen and oxygen atoms in total. The van der Waals surface area contributed by atoms with Gasteiger partial charge in [0, 0.05) is 32.6 Å². The van der Waals surface area contributed by atoms with Crippen molar-refractivity contribution in [3.63, 3.8) is 0 Å². The van der Waals surface area contributed by atoms with E-state index in [2.05, 4.69) is 10.2 Å². The molecule has 2 amide bonds. The fourth-order valence-corrected chi connectivity index (χ4v) is 3.94. The Hall–Kier alpha value is -2.97. The lowest BCUT2D eigenvalue weighted by Gasteiger charge is -2.35. The minimum atomic E-state index is -0.288. The van der Waals surface area contributed by atoms with Crippen molar-refractivity contribution in [2.24, 2.45) is 0 Å². The number of anilines is 1. The minimum absolute atomic E-state index is 0.0255. The van der Waals surface area contributed by atoms with Gasteiger partial charge in [-0.3, -0.25) is 14.5 Å². The number of carbonyl (C=O) groups excluding carboxylic acids is 2. The maximum Gasteiger partial charge on any atom is 0.265 e. The molecule has 1 N–H and O–H groups in total. The second-order valence-corrected chi connectivity index (χ2v) is 7.57. The Balaban J connectivity index is 1.37. The first kappa shape index (κ1) is 21.3. The van der Waals surface area contributed by atoms with E-state index in [-0.39, 0.29) is 43.2 Å². The maximum atomic E-state index is 13.4. The lowest BCUT2D eigenvalue weighted by molar-refractivity contribution is -0.122. The molecule has 1 unspecified atom stereocenters. The van der Waals surface area contributed by atoms with Gasteiger partial charge >= 0.3 is 0 Å². The molecule has 4 rings (SSSR count). The van der Waals surface area contributed by atoms with E-state index >= 15 is 0 Å². The zero-order valence-electron chi connectivity index (χ0n) is 17.3. The Morgan fingerprint density at radius 1 is 1.10 bits per heavy atom. The predicted molar refractivity (Wildman–Crippen MR) is 113 cm³/mol. The van der Waals surface area contributed by atoms with Crippen molar-refractivity contribution in [2.45, 2.75) is 12.5 Å². The zero-order chi connectivity index (χ0) is 21.6. The summed E-state index contributed by atoms with van der Waals surface area (Å²) in [6, 6.07) is 13.6. The normalized spacial score (nSPS) is 17.6. The number of hydrogen-bond acceptors (Lipinski definition) is 5. The second-order valence-electron chi connectivity index (χ2n) is 7.57. The fraction of sp³-hybridized carbons (Fsp3) is 0.391. The number of nitrogens with one attached hydrogen (secondary N) is 1. The number of hydrogen-bond donors (Lipinski definition) is 1. The molecule has 2 aliphatic rings. The monoisotopic (exact) mass is 427 g/mol. The molecule has 2 heterocycles.